The molecule has 0 spiro atoms. The van der Waals surface area contributed by atoms with Crippen molar-refractivity contribution in [2.75, 3.05) is 6.61 Å². The highest BCUT2D eigenvalue weighted by molar-refractivity contribution is 5.49. The Balaban J connectivity index is 2.17. The molecule has 0 bridgehead atoms. The Morgan fingerprint density at radius 3 is 2.38 bits per heavy atom. The van der Waals surface area contributed by atoms with Crippen LogP contribution in [0.15, 0.2) is 53.6 Å². The summed E-state index contributed by atoms with van der Waals surface area (Å²) in [7, 11) is 0. The first-order chi connectivity index (χ1) is 10.2. The molecule has 1 aromatic carbocycles. The molecule has 0 radical (unpaired) electrons. The summed E-state index contributed by atoms with van der Waals surface area (Å²) in [6, 6.07) is 10.2. The molecule has 0 unspecified atom stereocenters. The zero-order chi connectivity index (χ0) is 15.3. The molecule has 0 saturated heterocycles. The quantitative estimate of drug-likeness (QED) is 0.349. The predicted molar refractivity (Wildman–Crippen MR) is 88.1 cm³/mol. The average molecular weight is 286 g/mol. The Hall–Kier alpha value is -1.67. The number of hydrogen-bond acceptors (Lipinski definition) is 2. The van der Waals surface area contributed by atoms with Crippen molar-refractivity contribution in [1.82, 2.24) is 0 Å². The number of ether oxygens (including phenoxy) is 1. The van der Waals surface area contributed by atoms with Gasteiger partial charge in [0.25, 0.3) is 0 Å². The second kappa shape index (κ2) is 11.0. The van der Waals surface area contributed by atoms with Crippen LogP contribution in [-0.2, 0) is 16.1 Å². The monoisotopic (exact) mass is 286 g/mol. The van der Waals surface area contributed by atoms with Gasteiger partial charge in [-0.1, -0.05) is 53.6 Å². The minimum atomic E-state index is 0.629. The standard InChI is InChI=1S/C19H26O2/c1-17(10-7-14-20)8-6-9-18(2)13-15-21-16-19-11-4-3-5-12-19/h3-5,8,11-14H,6-7,9-10,15-16H2,1-2H3. The second-order valence-corrected chi connectivity index (χ2v) is 5.35. The topological polar surface area (TPSA) is 26.3 Å². The van der Waals surface area contributed by atoms with E-state index < -0.39 is 0 Å². The Morgan fingerprint density at radius 1 is 1.00 bits per heavy atom. The molecule has 21 heavy (non-hydrogen) atoms. The molecule has 0 aliphatic rings. The van der Waals surface area contributed by atoms with Crippen molar-refractivity contribution in [2.45, 2.75) is 46.1 Å². The van der Waals surface area contributed by atoms with Crippen molar-refractivity contribution in [2.24, 2.45) is 0 Å². The number of hydrogen-bond donors (Lipinski definition) is 0. The van der Waals surface area contributed by atoms with Crippen LogP contribution in [0.5, 0.6) is 0 Å². The van der Waals surface area contributed by atoms with Gasteiger partial charge in [-0.15, -0.1) is 0 Å². The zero-order valence-electron chi connectivity index (χ0n) is 13.2. The molecule has 0 atom stereocenters. The molecule has 0 aliphatic heterocycles. The maximum absolute atomic E-state index is 10.3. The lowest BCUT2D eigenvalue weighted by Crippen LogP contribution is -1.93. The van der Waals surface area contributed by atoms with Crippen LogP contribution in [0.2, 0.25) is 0 Å². The lowest BCUT2D eigenvalue weighted by molar-refractivity contribution is -0.107. The molecule has 114 valence electrons. The van der Waals surface area contributed by atoms with Crippen LogP contribution in [0.3, 0.4) is 0 Å². The number of benzene rings is 1. The first-order valence-corrected chi connectivity index (χ1v) is 7.59. The third kappa shape index (κ3) is 8.98. The van der Waals surface area contributed by atoms with Gasteiger partial charge in [0.05, 0.1) is 13.2 Å². The third-order valence-electron chi connectivity index (χ3n) is 3.35. The first-order valence-electron chi connectivity index (χ1n) is 7.59. The summed E-state index contributed by atoms with van der Waals surface area (Å²) < 4.78 is 5.64. The van der Waals surface area contributed by atoms with Gasteiger partial charge in [-0.2, -0.15) is 0 Å². The van der Waals surface area contributed by atoms with Gasteiger partial charge < -0.3 is 9.53 Å². The van der Waals surface area contributed by atoms with Crippen molar-refractivity contribution < 1.29 is 9.53 Å². The highest BCUT2D eigenvalue weighted by Crippen LogP contribution is 2.10. The maximum Gasteiger partial charge on any atom is 0.120 e. The van der Waals surface area contributed by atoms with E-state index in [9.17, 15) is 4.79 Å². The van der Waals surface area contributed by atoms with Crippen LogP contribution in [0, 0.1) is 0 Å². The average Bonchev–Trinajstić information content (AvgIpc) is 2.50. The van der Waals surface area contributed by atoms with E-state index in [0.29, 0.717) is 19.6 Å². The van der Waals surface area contributed by atoms with Gasteiger partial charge in [0.1, 0.15) is 6.29 Å². The van der Waals surface area contributed by atoms with Crippen molar-refractivity contribution in [3.8, 4) is 0 Å². The molecular formula is C19H26O2. The van der Waals surface area contributed by atoms with Crippen LogP contribution in [0.1, 0.15) is 45.1 Å². The van der Waals surface area contributed by atoms with Gasteiger partial charge in [-0.3, -0.25) is 0 Å². The number of carbonyl (C=O) groups is 1. The minimum absolute atomic E-state index is 0.629. The van der Waals surface area contributed by atoms with Crippen LogP contribution in [0.25, 0.3) is 0 Å². The largest absolute Gasteiger partial charge is 0.373 e. The molecule has 0 saturated carbocycles. The normalized spacial score (nSPS) is 12.5. The molecule has 0 aliphatic carbocycles. The summed E-state index contributed by atoms with van der Waals surface area (Å²) in [5, 5.41) is 0. The zero-order valence-corrected chi connectivity index (χ0v) is 13.2. The van der Waals surface area contributed by atoms with Crippen molar-refractivity contribution in [3.63, 3.8) is 0 Å². The van der Waals surface area contributed by atoms with E-state index >= 15 is 0 Å². The van der Waals surface area contributed by atoms with Crippen molar-refractivity contribution >= 4 is 6.29 Å². The summed E-state index contributed by atoms with van der Waals surface area (Å²) in [6.07, 6.45) is 8.95. The lowest BCUT2D eigenvalue weighted by atomic mass is 10.1. The molecule has 0 aromatic heterocycles. The second-order valence-electron chi connectivity index (χ2n) is 5.35. The molecule has 1 aromatic rings. The van der Waals surface area contributed by atoms with Gasteiger partial charge in [0.2, 0.25) is 0 Å². The van der Waals surface area contributed by atoms with Crippen molar-refractivity contribution in [3.05, 3.63) is 59.2 Å². The van der Waals surface area contributed by atoms with Crippen LogP contribution in [0.4, 0.5) is 0 Å². The molecule has 0 heterocycles. The molecule has 1 rings (SSSR count). The lowest BCUT2D eigenvalue weighted by Gasteiger charge is -2.03. The molecule has 2 nitrogen and oxygen atoms in total. The molecule has 2 heteroatoms. The number of allylic oxidation sites excluding steroid dienone is 3. The molecule has 0 fully saturated rings. The third-order valence-corrected chi connectivity index (χ3v) is 3.35. The fourth-order valence-electron chi connectivity index (χ4n) is 1.99. The van der Waals surface area contributed by atoms with Gasteiger partial charge in [-0.05, 0) is 38.7 Å². The van der Waals surface area contributed by atoms with Crippen molar-refractivity contribution in [1.29, 1.82) is 0 Å². The number of aldehydes is 1. The van der Waals surface area contributed by atoms with Gasteiger partial charge >= 0.3 is 0 Å². The Bertz CT molecular complexity index is 458. The van der Waals surface area contributed by atoms with Gasteiger partial charge in [-0.25, -0.2) is 0 Å². The van der Waals surface area contributed by atoms with Gasteiger partial charge in [0.15, 0.2) is 0 Å². The van der Waals surface area contributed by atoms with E-state index in [1.54, 1.807) is 0 Å². The van der Waals surface area contributed by atoms with Crippen LogP contribution in [-0.4, -0.2) is 12.9 Å². The van der Waals surface area contributed by atoms with E-state index in [0.717, 1.165) is 25.5 Å². The Labute approximate surface area is 128 Å². The van der Waals surface area contributed by atoms with E-state index in [1.807, 2.05) is 18.2 Å². The smallest absolute Gasteiger partial charge is 0.120 e. The summed E-state index contributed by atoms with van der Waals surface area (Å²) in [5.41, 5.74) is 3.86. The highest BCUT2D eigenvalue weighted by atomic mass is 16.5. The van der Waals surface area contributed by atoms with E-state index in [4.69, 9.17) is 4.74 Å². The predicted octanol–water partition coefficient (Wildman–Crippen LogP) is 4.86. The Morgan fingerprint density at radius 2 is 1.67 bits per heavy atom. The molecular weight excluding hydrogens is 260 g/mol. The number of rotatable bonds is 10. The van der Waals surface area contributed by atoms with E-state index in [2.05, 4.69) is 38.1 Å². The Kier molecular flexibility index (Phi) is 9.14. The summed E-state index contributed by atoms with van der Waals surface area (Å²) in [6.45, 7) is 5.55. The molecule has 0 N–H and O–H groups in total. The van der Waals surface area contributed by atoms with Crippen LogP contribution >= 0.6 is 0 Å². The van der Waals surface area contributed by atoms with E-state index in [1.165, 1.54) is 16.7 Å². The summed E-state index contributed by atoms with van der Waals surface area (Å²) in [4.78, 5) is 10.3. The summed E-state index contributed by atoms with van der Waals surface area (Å²) in [5.74, 6) is 0. The maximum atomic E-state index is 10.3. The highest BCUT2D eigenvalue weighted by Gasteiger charge is 1.93. The fraction of sp³-hybridized carbons (Fsp3) is 0.421. The summed E-state index contributed by atoms with van der Waals surface area (Å²) >= 11 is 0. The first kappa shape index (κ1) is 17.4. The van der Waals surface area contributed by atoms with Crippen LogP contribution < -0.4 is 0 Å². The minimum Gasteiger partial charge on any atom is -0.373 e. The number of carbonyl (C=O) groups excluding carboxylic acids is 1. The van der Waals surface area contributed by atoms with E-state index in [-0.39, 0.29) is 0 Å². The fourth-order valence-corrected chi connectivity index (χ4v) is 1.99. The molecule has 0 amide bonds. The van der Waals surface area contributed by atoms with Gasteiger partial charge in [0, 0.05) is 6.42 Å². The SMILES string of the molecule is CC(=CCCC(C)=CCOCc1ccccc1)CCC=O.